The zero-order valence-electron chi connectivity index (χ0n) is 9.79. The minimum Gasteiger partial charge on any atom is -0.379 e. The van der Waals surface area contributed by atoms with Gasteiger partial charge in [0.15, 0.2) is 0 Å². The second kappa shape index (κ2) is 3.56. The maximum atomic E-state index is 6.07. The van der Waals surface area contributed by atoms with E-state index in [4.69, 9.17) is 10.5 Å². The van der Waals surface area contributed by atoms with Gasteiger partial charge in [-0.2, -0.15) is 0 Å². The van der Waals surface area contributed by atoms with E-state index in [9.17, 15) is 0 Å². The minimum atomic E-state index is 0.248. The number of hydrogen-bond acceptors (Lipinski definition) is 3. The van der Waals surface area contributed by atoms with Gasteiger partial charge < -0.3 is 10.5 Å². The molecule has 1 saturated carbocycles. The van der Waals surface area contributed by atoms with Crippen LogP contribution in [0.4, 0.5) is 0 Å². The Bertz CT molecular complexity index is 385. The molecule has 3 heteroatoms. The second-order valence-electron chi connectivity index (χ2n) is 5.35. The fourth-order valence-electron chi connectivity index (χ4n) is 3.33. The molecule has 2 heterocycles. The Hall–Kier alpha value is -0.380. The highest BCUT2D eigenvalue weighted by Gasteiger charge is 2.59. The lowest BCUT2D eigenvalue weighted by atomic mass is 9.51. The van der Waals surface area contributed by atoms with Crippen molar-refractivity contribution in [1.29, 1.82) is 0 Å². The Morgan fingerprint density at radius 2 is 2.19 bits per heavy atom. The van der Waals surface area contributed by atoms with Crippen molar-refractivity contribution in [2.24, 2.45) is 11.1 Å². The fourth-order valence-corrected chi connectivity index (χ4v) is 4.55. The molecule has 0 radical (unpaired) electrons. The molecule has 2 fully saturated rings. The van der Waals surface area contributed by atoms with Crippen molar-refractivity contribution < 1.29 is 4.74 Å². The van der Waals surface area contributed by atoms with Gasteiger partial charge in [-0.05, 0) is 48.7 Å². The first-order chi connectivity index (χ1) is 7.74. The molecule has 0 atom stereocenters. The van der Waals surface area contributed by atoms with E-state index in [-0.39, 0.29) is 5.41 Å². The summed E-state index contributed by atoms with van der Waals surface area (Å²) in [7, 11) is 0. The summed E-state index contributed by atoms with van der Waals surface area (Å²) < 4.78 is 5.55. The van der Waals surface area contributed by atoms with Gasteiger partial charge in [-0.25, -0.2) is 0 Å². The lowest BCUT2D eigenvalue weighted by molar-refractivity contribution is -0.152. The third-order valence-electron chi connectivity index (χ3n) is 4.71. The maximum Gasteiger partial charge on any atom is 0.0599 e. The molecule has 2 nitrogen and oxygen atoms in total. The fraction of sp³-hybridized carbons (Fsp3) is 0.692. The Labute approximate surface area is 101 Å². The van der Waals surface area contributed by atoms with E-state index in [1.165, 1.54) is 29.7 Å². The van der Waals surface area contributed by atoms with Gasteiger partial charge in [-0.15, -0.1) is 11.3 Å². The Balaban J connectivity index is 2.03. The molecule has 1 aromatic heterocycles. The predicted octanol–water partition coefficient (Wildman–Crippen LogP) is 2.45. The van der Waals surface area contributed by atoms with Crippen molar-refractivity contribution >= 4 is 11.3 Å². The topological polar surface area (TPSA) is 35.2 Å². The summed E-state index contributed by atoms with van der Waals surface area (Å²) in [6.07, 6.45) is 3.90. The van der Waals surface area contributed by atoms with E-state index in [0.717, 1.165) is 19.8 Å². The molecule has 1 aromatic rings. The largest absolute Gasteiger partial charge is 0.379 e. The highest BCUT2D eigenvalue weighted by atomic mass is 32.1. The Kier molecular flexibility index (Phi) is 2.39. The van der Waals surface area contributed by atoms with Crippen molar-refractivity contribution in [1.82, 2.24) is 0 Å². The lowest BCUT2D eigenvalue weighted by Crippen LogP contribution is -2.64. The first-order valence-corrected chi connectivity index (χ1v) is 6.94. The van der Waals surface area contributed by atoms with Crippen molar-refractivity contribution in [3.8, 4) is 0 Å². The van der Waals surface area contributed by atoms with Crippen LogP contribution < -0.4 is 5.73 Å². The van der Waals surface area contributed by atoms with E-state index < -0.39 is 0 Å². The van der Waals surface area contributed by atoms with Crippen LogP contribution in [0.3, 0.4) is 0 Å². The van der Waals surface area contributed by atoms with Gasteiger partial charge in [0.05, 0.1) is 18.6 Å². The third-order valence-corrected chi connectivity index (χ3v) is 5.93. The summed E-state index contributed by atoms with van der Waals surface area (Å²) in [5.41, 5.74) is 8.08. The molecular weight excluding hydrogens is 218 g/mol. The molecule has 0 unspecified atom stereocenters. The van der Waals surface area contributed by atoms with Crippen LogP contribution >= 0.6 is 11.3 Å². The van der Waals surface area contributed by atoms with Crippen molar-refractivity contribution in [2.45, 2.75) is 31.6 Å². The molecule has 1 aliphatic heterocycles. The number of ether oxygens (including phenoxy) is 1. The van der Waals surface area contributed by atoms with Crippen LogP contribution in [0.15, 0.2) is 11.4 Å². The van der Waals surface area contributed by atoms with E-state index in [1.54, 1.807) is 0 Å². The van der Waals surface area contributed by atoms with Gasteiger partial charge in [-0.3, -0.25) is 0 Å². The molecule has 1 aliphatic carbocycles. The highest BCUT2D eigenvalue weighted by molar-refractivity contribution is 7.10. The molecule has 0 amide bonds. The standard InChI is InChI=1S/C13H19NOS/c1-10-3-6-16-11(10)13(8-15-9-13)12(7-14)4-2-5-12/h3,6H,2,4-5,7-9,14H2,1H3. The summed E-state index contributed by atoms with van der Waals surface area (Å²) in [5.74, 6) is 0. The molecule has 3 rings (SSSR count). The molecular formula is C13H19NOS. The first kappa shape index (κ1) is 10.8. The summed E-state index contributed by atoms with van der Waals surface area (Å²) >= 11 is 1.89. The van der Waals surface area contributed by atoms with Gasteiger partial charge in [0.25, 0.3) is 0 Å². The van der Waals surface area contributed by atoms with Gasteiger partial charge >= 0.3 is 0 Å². The monoisotopic (exact) mass is 237 g/mol. The summed E-state index contributed by atoms with van der Waals surface area (Å²) in [4.78, 5) is 1.53. The Morgan fingerprint density at radius 1 is 1.44 bits per heavy atom. The summed E-state index contributed by atoms with van der Waals surface area (Å²) in [6.45, 7) is 4.79. The molecule has 1 saturated heterocycles. The quantitative estimate of drug-likeness (QED) is 0.876. The normalized spacial score (nSPS) is 25.9. The first-order valence-electron chi connectivity index (χ1n) is 6.07. The van der Waals surface area contributed by atoms with Gasteiger partial charge in [0.1, 0.15) is 0 Å². The maximum absolute atomic E-state index is 6.07. The molecule has 0 spiro atoms. The second-order valence-corrected chi connectivity index (χ2v) is 6.26. The molecule has 16 heavy (non-hydrogen) atoms. The van der Waals surface area contributed by atoms with Gasteiger partial charge in [0, 0.05) is 4.88 Å². The third kappa shape index (κ3) is 1.14. The van der Waals surface area contributed by atoms with Crippen LogP contribution in [0.1, 0.15) is 29.7 Å². The highest BCUT2D eigenvalue weighted by Crippen LogP contribution is 2.59. The van der Waals surface area contributed by atoms with Crippen LogP contribution in [-0.4, -0.2) is 19.8 Å². The Morgan fingerprint density at radius 3 is 2.50 bits per heavy atom. The number of nitrogens with two attached hydrogens (primary N) is 1. The molecule has 2 aliphatic rings. The van der Waals surface area contributed by atoms with Gasteiger partial charge in [-0.1, -0.05) is 6.42 Å². The molecule has 88 valence electrons. The van der Waals surface area contributed by atoms with Crippen molar-refractivity contribution in [2.75, 3.05) is 19.8 Å². The molecule has 0 aromatic carbocycles. The van der Waals surface area contributed by atoms with Crippen LogP contribution in [0.25, 0.3) is 0 Å². The number of thiophene rings is 1. The minimum absolute atomic E-state index is 0.248. The average Bonchev–Trinajstić information content (AvgIpc) is 2.55. The predicted molar refractivity (Wildman–Crippen MR) is 66.9 cm³/mol. The van der Waals surface area contributed by atoms with Crippen molar-refractivity contribution in [3.05, 3.63) is 21.9 Å². The number of hydrogen-bond donors (Lipinski definition) is 1. The van der Waals surface area contributed by atoms with E-state index >= 15 is 0 Å². The zero-order chi connectivity index (χ0) is 11.2. The molecule has 0 bridgehead atoms. The lowest BCUT2D eigenvalue weighted by Gasteiger charge is -2.59. The number of rotatable bonds is 3. The van der Waals surface area contributed by atoms with Crippen LogP contribution in [0.2, 0.25) is 0 Å². The summed E-state index contributed by atoms with van der Waals surface area (Å²) in [5, 5.41) is 2.20. The van der Waals surface area contributed by atoms with E-state index in [1.807, 2.05) is 11.3 Å². The number of aryl methyl sites for hydroxylation is 1. The van der Waals surface area contributed by atoms with E-state index in [2.05, 4.69) is 18.4 Å². The van der Waals surface area contributed by atoms with Crippen LogP contribution in [0, 0.1) is 12.3 Å². The van der Waals surface area contributed by atoms with Crippen LogP contribution in [0.5, 0.6) is 0 Å². The van der Waals surface area contributed by atoms with Crippen molar-refractivity contribution in [3.63, 3.8) is 0 Å². The smallest absolute Gasteiger partial charge is 0.0599 e. The average molecular weight is 237 g/mol. The van der Waals surface area contributed by atoms with E-state index in [0.29, 0.717) is 5.41 Å². The van der Waals surface area contributed by atoms with Gasteiger partial charge in [0.2, 0.25) is 0 Å². The SMILES string of the molecule is Cc1ccsc1C1(C2(CN)CCC2)COC1. The zero-order valence-corrected chi connectivity index (χ0v) is 10.6. The van der Waals surface area contributed by atoms with Crippen LogP contribution in [-0.2, 0) is 10.2 Å². The summed E-state index contributed by atoms with van der Waals surface area (Å²) in [6, 6.07) is 2.23. The molecule has 2 N–H and O–H groups in total.